The van der Waals surface area contributed by atoms with E-state index in [9.17, 15) is 18.0 Å². The van der Waals surface area contributed by atoms with E-state index in [1.165, 1.54) is 12.1 Å². The summed E-state index contributed by atoms with van der Waals surface area (Å²) in [6.07, 6.45) is -3.57. The third-order valence-electron chi connectivity index (χ3n) is 2.57. The number of unbranched alkanes of at least 4 members (excludes halogenated alkanes) is 1. The maximum atomic E-state index is 12.5. The Morgan fingerprint density at radius 3 is 2.22 bits per heavy atom. The van der Waals surface area contributed by atoms with Crippen LogP contribution in [0.3, 0.4) is 0 Å². The Hall–Kier alpha value is -1.52. The number of hydrogen-bond acceptors (Lipinski definition) is 1. The van der Waals surface area contributed by atoms with Gasteiger partial charge in [-0.25, -0.2) is 0 Å². The van der Waals surface area contributed by atoms with E-state index in [2.05, 4.69) is 0 Å². The molecule has 1 amide bonds. The summed E-state index contributed by atoms with van der Waals surface area (Å²) in [6.45, 7) is 3.79. The van der Waals surface area contributed by atoms with Crippen LogP contribution in [0.2, 0.25) is 0 Å². The maximum Gasteiger partial charge on any atom is 0.471 e. The lowest BCUT2D eigenvalue weighted by molar-refractivity contribution is -0.170. The summed E-state index contributed by atoms with van der Waals surface area (Å²) in [5, 5.41) is 0. The summed E-state index contributed by atoms with van der Waals surface area (Å²) in [7, 11) is 0. The average molecular weight is 259 g/mol. The Morgan fingerprint density at radius 1 is 1.22 bits per heavy atom. The molecule has 0 bridgehead atoms. The maximum absolute atomic E-state index is 12.5. The van der Waals surface area contributed by atoms with E-state index in [4.69, 9.17) is 0 Å². The van der Waals surface area contributed by atoms with Gasteiger partial charge in [0.05, 0.1) is 0 Å². The minimum atomic E-state index is -4.83. The van der Waals surface area contributed by atoms with Crippen molar-refractivity contribution in [3.8, 4) is 0 Å². The van der Waals surface area contributed by atoms with Crippen LogP contribution in [0.5, 0.6) is 0 Å². The van der Waals surface area contributed by atoms with E-state index < -0.39 is 12.1 Å². The van der Waals surface area contributed by atoms with E-state index in [0.29, 0.717) is 6.42 Å². The van der Waals surface area contributed by atoms with E-state index in [0.717, 1.165) is 16.9 Å². The van der Waals surface area contributed by atoms with Gasteiger partial charge in [0, 0.05) is 12.2 Å². The number of alkyl halides is 3. The zero-order valence-corrected chi connectivity index (χ0v) is 10.4. The van der Waals surface area contributed by atoms with Crippen molar-refractivity contribution in [1.82, 2.24) is 0 Å². The van der Waals surface area contributed by atoms with E-state index in [1.807, 2.05) is 13.8 Å². The molecule has 100 valence electrons. The van der Waals surface area contributed by atoms with Crippen molar-refractivity contribution >= 4 is 11.6 Å². The smallest absolute Gasteiger partial charge is 0.305 e. The molecule has 0 aliphatic carbocycles. The Morgan fingerprint density at radius 2 is 1.78 bits per heavy atom. The first-order chi connectivity index (χ1) is 8.36. The van der Waals surface area contributed by atoms with Crippen LogP contribution in [0, 0.1) is 6.92 Å². The number of aryl methyl sites for hydroxylation is 1. The quantitative estimate of drug-likeness (QED) is 0.807. The standard InChI is InChI=1S/C13H16F3NO/c1-3-4-9-17(12(18)13(14,15)16)11-7-5-10(2)6-8-11/h5-8H,3-4,9H2,1-2H3. The molecule has 0 unspecified atom stereocenters. The van der Waals surface area contributed by atoms with Gasteiger partial charge in [-0.15, -0.1) is 0 Å². The van der Waals surface area contributed by atoms with Crippen LogP contribution in [0.4, 0.5) is 18.9 Å². The lowest BCUT2D eigenvalue weighted by Crippen LogP contribution is -2.41. The first-order valence-corrected chi connectivity index (χ1v) is 5.81. The Kier molecular flexibility index (Phi) is 4.76. The minimum absolute atomic E-state index is 0.0813. The molecular weight excluding hydrogens is 243 g/mol. The fourth-order valence-electron chi connectivity index (χ4n) is 1.54. The van der Waals surface area contributed by atoms with Crippen LogP contribution in [-0.4, -0.2) is 18.6 Å². The first-order valence-electron chi connectivity index (χ1n) is 5.81. The van der Waals surface area contributed by atoms with Crippen molar-refractivity contribution in [2.24, 2.45) is 0 Å². The third-order valence-corrected chi connectivity index (χ3v) is 2.57. The molecule has 0 fully saturated rings. The molecule has 0 atom stereocenters. The van der Waals surface area contributed by atoms with Crippen LogP contribution in [0.1, 0.15) is 25.3 Å². The molecule has 0 heterocycles. The highest BCUT2D eigenvalue weighted by molar-refractivity contribution is 5.97. The molecule has 1 rings (SSSR count). The Balaban J connectivity index is 2.98. The van der Waals surface area contributed by atoms with Crippen LogP contribution >= 0.6 is 0 Å². The SMILES string of the molecule is CCCCN(C(=O)C(F)(F)F)c1ccc(C)cc1. The molecule has 1 aromatic rings. The van der Waals surface area contributed by atoms with Gasteiger partial charge in [-0.1, -0.05) is 31.0 Å². The normalized spacial score (nSPS) is 11.4. The lowest BCUT2D eigenvalue weighted by atomic mass is 10.2. The molecule has 2 nitrogen and oxygen atoms in total. The summed E-state index contributed by atoms with van der Waals surface area (Å²) in [5.74, 6) is -1.81. The summed E-state index contributed by atoms with van der Waals surface area (Å²) >= 11 is 0. The van der Waals surface area contributed by atoms with Gasteiger partial charge in [0.2, 0.25) is 0 Å². The molecule has 18 heavy (non-hydrogen) atoms. The predicted molar refractivity (Wildman–Crippen MR) is 64.5 cm³/mol. The van der Waals surface area contributed by atoms with E-state index in [-0.39, 0.29) is 12.2 Å². The average Bonchev–Trinajstić information content (AvgIpc) is 2.30. The molecule has 0 N–H and O–H groups in total. The molecule has 0 aromatic heterocycles. The number of benzene rings is 1. The lowest BCUT2D eigenvalue weighted by Gasteiger charge is -2.23. The van der Waals surface area contributed by atoms with E-state index in [1.54, 1.807) is 12.1 Å². The number of carbonyl (C=O) groups excluding carboxylic acids is 1. The third kappa shape index (κ3) is 3.75. The highest BCUT2D eigenvalue weighted by Crippen LogP contribution is 2.24. The highest BCUT2D eigenvalue weighted by atomic mass is 19.4. The monoisotopic (exact) mass is 259 g/mol. The van der Waals surface area contributed by atoms with Crippen molar-refractivity contribution in [3.63, 3.8) is 0 Å². The van der Waals surface area contributed by atoms with Gasteiger partial charge in [0.1, 0.15) is 0 Å². The number of carbonyl (C=O) groups is 1. The van der Waals surface area contributed by atoms with Gasteiger partial charge in [-0.2, -0.15) is 13.2 Å². The van der Waals surface area contributed by atoms with E-state index >= 15 is 0 Å². The predicted octanol–water partition coefficient (Wildman–Crippen LogP) is 3.69. The second kappa shape index (κ2) is 5.89. The van der Waals surface area contributed by atoms with Gasteiger partial charge in [0.25, 0.3) is 0 Å². The second-order valence-electron chi connectivity index (χ2n) is 4.14. The molecule has 5 heteroatoms. The van der Waals surface area contributed by atoms with Crippen molar-refractivity contribution in [2.75, 3.05) is 11.4 Å². The number of anilines is 1. The number of amides is 1. The second-order valence-corrected chi connectivity index (χ2v) is 4.14. The zero-order chi connectivity index (χ0) is 13.8. The van der Waals surface area contributed by atoms with Gasteiger partial charge < -0.3 is 4.90 Å². The molecular formula is C13H16F3NO. The molecule has 1 aromatic carbocycles. The van der Waals surface area contributed by atoms with Gasteiger partial charge in [-0.3, -0.25) is 4.79 Å². The van der Waals surface area contributed by atoms with Crippen LogP contribution < -0.4 is 4.90 Å². The Labute approximate surface area is 104 Å². The highest BCUT2D eigenvalue weighted by Gasteiger charge is 2.42. The molecule has 0 aliphatic heterocycles. The number of hydrogen-bond donors (Lipinski definition) is 0. The van der Waals surface area contributed by atoms with Crippen LogP contribution in [0.25, 0.3) is 0 Å². The zero-order valence-electron chi connectivity index (χ0n) is 10.4. The summed E-state index contributed by atoms with van der Waals surface area (Å²) in [4.78, 5) is 12.2. The number of rotatable bonds is 4. The summed E-state index contributed by atoms with van der Waals surface area (Å²) in [5.41, 5.74) is 1.23. The topological polar surface area (TPSA) is 20.3 Å². The fourth-order valence-corrected chi connectivity index (χ4v) is 1.54. The minimum Gasteiger partial charge on any atom is -0.305 e. The number of halogens is 3. The van der Waals surface area contributed by atoms with Gasteiger partial charge in [-0.05, 0) is 25.5 Å². The summed E-state index contributed by atoms with van der Waals surface area (Å²) < 4.78 is 37.5. The van der Waals surface area contributed by atoms with Crippen LogP contribution in [0.15, 0.2) is 24.3 Å². The summed E-state index contributed by atoms with van der Waals surface area (Å²) in [6, 6.07) is 6.46. The molecule has 0 saturated heterocycles. The molecule has 0 saturated carbocycles. The molecule has 0 aliphatic rings. The van der Waals surface area contributed by atoms with Crippen molar-refractivity contribution in [1.29, 1.82) is 0 Å². The molecule has 0 radical (unpaired) electrons. The van der Waals surface area contributed by atoms with Crippen molar-refractivity contribution < 1.29 is 18.0 Å². The molecule has 0 spiro atoms. The largest absolute Gasteiger partial charge is 0.471 e. The Bertz CT molecular complexity index is 398. The first kappa shape index (κ1) is 14.5. The van der Waals surface area contributed by atoms with Gasteiger partial charge in [0.15, 0.2) is 0 Å². The number of nitrogens with zero attached hydrogens (tertiary/aromatic N) is 1. The van der Waals surface area contributed by atoms with Crippen molar-refractivity contribution in [2.45, 2.75) is 32.9 Å². The fraction of sp³-hybridized carbons (Fsp3) is 0.462. The van der Waals surface area contributed by atoms with Crippen LogP contribution in [-0.2, 0) is 4.79 Å². The van der Waals surface area contributed by atoms with Crippen molar-refractivity contribution in [3.05, 3.63) is 29.8 Å². The van der Waals surface area contributed by atoms with Gasteiger partial charge >= 0.3 is 12.1 Å².